The number of carbonyl (C=O) groups is 5. The predicted octanol–water partition coefficient (Wildman–Crippen LogP) is 4.19. The largest absolute Gasteiger partial charge is 0.489 e. The van der Waals surface area contributed by atoms with Crippen LogP contribution < -0.4 is 19.5 Å². The van der Waals surface area contributed by atoms with Crippen molar-refractivity contribution in [3.8, 4) is 17.2 Å². The number of hydrogen-bond acceptors (Lipinski definition) is 12. The first-order valence-corrected chi connectivity index (χ1v) is 13.9. The molecule has 44 heavy (non-hydrogen) atoms. The number of esters is 4. The third kappa shape index (κ3) is 11.6. The van der Waals surface area contributed by atoms with Gasteiger partial charge in [0.2, 0.25) is 6.79 Å². The first-order chi connectivity index (χ1) is 20.6. The summed E-state index contributed by atoms with van der Waals surface area (Å²) in [6.07, 6.45) is -1.50. The van der Waals surface area contributed by atoms with Crippen LogP contribution in [0.4, 0.5) is 4.79 Å². The number of amides is 1. The van der Waals surface area contributed by atoms with E-state index in [9.17, 15) is 29.1 Å². The zero-order valence-electron chi connectivity index (χ0n) is 25.8. The third-order valence-corrected chi connectivity index (χ3v) is 5.76. The van der Waals surface area contributed by atoms with Gasteiger partial charge in [-0.2, -0.15) is 0 Å². The molecule has 0 bridgehead atoms. The summed E-state index contributed by atoms with van der Waals surface area (Å²) in [7, 11) is 0. The second-order valence-corrected chi connectivity index (χ2v) is 10.8. The van der Waals surface area contributed by atoms with Crippen LogP contribution in [-0.4, -0.2) is 66.2 Å². The molecule has 3 atom stereocenters. The Morgan fingerprint density at radius 1 is 0.886 bits per heavy atom. The van der Waals surface area contributed by atoms with Crippen LogP contribution in [-0.2, 0) is 23.8 Å². The van der Waals surface area contributed by atoms with Crippen molar-refractivity contribution in [1.82, 2.24) is 5.32 Å². The maximum absolute atomic E-state index is 13.0. The fourth-order valence-electron chi connectivity index (χ4n) is 3.34. The molecule has 2 aromatic rings. The summed E-state index contributed by atoms with van der Waals surface area (Å²) in [5.74, 6) is -3.46. The Balaban J connectivity index is 2.20. The van der Waals surface area contributed by atoms with E-state index in [2.05, 4.69) is 5.32 Å². The molecule has 0 aliphatic heterocycles. The van der Waals surface area contributed by atoms with E-state index in [1.165, 1.54) is 50.2 Å². The highest BCUT2D eigenvalue weighted by atomic mass is 16.7. The third-order valence-electron chi connectivity index (χ3n) is 5.76. The molecular formula is C31H39NO12. The van der Waals surface area contributed by atoms with E-state index in [-0.39, 0.29) is 40.9 Å². The number of benzene rings is 2. The molecule has 13 heteroatoms. The highest BCUT2D eigenvalue weighted by molar-refractivity contribution is 5.94. The van der Waals surface area contributed by atoms with Gasteiger partial charge in [0.25, 0.3) is 0 Å². The molecule has 1 amide bonds. The van der Waals surface area contributed by atoms with E-state index in [1.807, 2.05) is 13.8 Å². The van der Waals surface area contributed by atoms with Crippen LogP contribution in [0.25, 0.3) is 0 Å². The Morgan fingerprint density at radius 2 is 1.55 bits per heavy atom. The average Bonchev–Trinajstić information content (AvgIpc) is 2.93. The lowest BCUT2D eigenvalue weighted by Gasteiger charge is -2.24. The Bertz CT molecular complexity index is 1330. The van der Waals surface area contributed by atoms with E-state index in [1.54, 1.807) is 26.8 Å². The topological polar surface area (TPSA) is 173 Å². The number of rotatable bonds is 13. The summed E-state index contributed by atoms with van der Waals surface area (Å²) < 4.78 is 31.5. The molecular weight excluding hydrogens is 578 g/mol. The fourth-order valence-corrected chi connectivity index (χ4v) is 3.34. The van der Waals surface area contributed by atoms with Crippen LogP contribution in [0.15, 0.2) is 42.5 Å². The minimum absolute atomic E-state index is 0.0209. The first-order valence-electron chi connectivity index (χ1n) is 13.9. The molecule has 0 aliphatic rings. The fraction of sp³-hybridized carbons (Fsp3) is 0.452. The van der Waals surface area contributed by atoms with Gasteiger partial charge in [0, 0.05) is 6.92 Å². The van der Waals surface area contributed by atoms with Crippen LogP contribution in [0.1, 0.15) is 75.6 Å². The molecule has 2 aromatic carbocycles. The molecule has 0 radical (unpaired) electrons. The van der Waals surface area contributed by atoms with Gasteiger partial charge in [0.1, 0.15) is 16.9 Å². The molecule has 0 spiro atoms. The highest BCUT2D eigenvalue weighted by Gasteiger charge is 2.31. The summed E-state index contributed by atoms with van der Waals surface area (Å²) in [6, 6.07) is 8.29. The van der Waals surface area contributed by atoms with Crippen molar-refractivity contribution in [1.29, 1.82) is 0 Å². The number of aliphatic hydroxyl groups is 1. The monoisotopic (exact) mass is 617 g/mol. The zero-order valence-corrected chi connectivity index (χ0v) is 25.8. The quantitative estimate of drug-likeness (QED) is 0.187. The second kappa shape index (κ2) is 16.3. The molecule has 0 saturated carbocycles. The average molecular weight is 618 g/mol. The molecule has 0 saturated heterocycles. The minimum atomic E-state index is -1.52. The molecule has 0 heterocycles. The summed E-state index contributed by atoms with van der Waals surface area (Å²) in [4.78, 5) is 61.9. The first kappa shape index (κ1) is 35.5. The smallest absolute Gasteiger partial charge is 0.408 e. The minimum Gasteiger partial charge on any atom is -0.489 e. The lowest BCUT2D eigenvalue weighted by molar-refractivity contribution is -0.139. The number of nitrogens with one attached hydrogen (secondary N) is 1. The summed E-state index contributed by atoms with van der Waals surface area (Å²) >= 11 is 0. The van der Waals surface area contributed by atoms with Crippen LogP contribution in [0, 0.1) is 5.92 Å². The van der Waals surface area contributed by atoms with Crippen molar-refractivity contribution in [3.63, 3.8) is 0 Å². The summed E-state index contributed by atoms with van der Waals surface area (Å²) in [5.41, 5.74) is -1.000. The molecule has 0 aromatic heterocycles. The van der Waals surface area contributed by atoms with E-state index in [0.717, 1.165) is 6.42 Å². The van der Waals surface area contributed by atoms with Gasteiger partial charge in [0.15, 0.2) is 17.5 Å². The van der Waals surface area contributed by atoms with E-state index < -0.39 is 54.5 Å². The maximum atomic E-state index is 13.0. The van der Waals surface area contributed by atoms with E-state index in [4.69, 9.17) is 28.4 Å². The van der Waals surface area contributed by atoms with E-state index >= 15 is 0 Å². The van der Waals surface area contributed by atoms with Gasteiger partial charge in [0.05, 0.1) is 18.3 Å². The van der Waals surface area contributed by atoms with Gasteiger partial charge in [-0.25, -0.2) is 19.2 Å². The van der Waals surface area contributed by atoms with Crippen molar-refractivity contribution < 1.29 is 57.5 Å². The van der Waals surface area contributed by atoms with E-state index in [0.29, 0.717) is 0 Å². The second-order valence-electron chi connectivity index (χ2n) is 10.8. The number of alkyl carbamates (subject to hydrolysis) is 1. The molecule has 2 rings (SSSR count). The van der Waals surface area contributed by atoms with Gasteiger partial charge in [-0.1, -0.05) is 32.4 Å². The summed E-state index contributed by atoms with van der Waals surface area (Å²) in [6.45, 7) is 10.8. The number of aliphatic hydroxyl groups excluding tert-OH is 1. The Morgan fingerprint density at radius 3 is 2.16 bits per heavy atom. The van der Waals surface area contributed by atoms with Crippen molar-refractivity contribution in [2.24, 2.45) is 5.92 Å². The molecule has 2 N–H and O–H groups in total. The normalized spacial score (nSPS) is 13.0. The predicted molar refractivity (Wildman–Crippen MR) is 155 cm³/mol. The zero-order chi connectivity index (χ0) is 33.0. The Hall–Kier alpha value is -4.65. The van der Waals surface area contributed by atoms with Crippen LogP contribution >= 0.6 is 0 Å². The van der Waals surface area contributed by atoms with Gasteiger partial charge >= 0.3 is 30.0 Å². The van der Waals surface area contributed by atoms with Crippen molar-refractivity contribution in [2.45, 2.75) is 72.6 Å². The highest BCUT2D eigenvalue weighted by Crippen LogP contribution is 2.30. The Labute approximate surface area is 255 Å². The van der Waals surface area contributed by atoms with Crippen LogP contribution in [0.5, 0.6) is 17.2 Å². The van der Waals surface area contributed by atoms with Crippen molar-refractivity contribution in [2.75, 3.05) is 13.4 Å². The standard InChI is InChI=1S/C31H39NO12/c1-8-18(2)16-39-24-14-13-21(15-25(24)43-29(37)26(19(3)33)32-30(38)44-31(5,6)7)27(35)40-17-41-28(36)22-11-9-10-12-23(22)42-20(4)34/h9-15,18-19,26,33H,8,16-17H2,1-7H3,(H,32,38). The lowest BCUT2D eigenvalue weighted by Crippen LogP contribution is -2.50. The summed E-state index contributed by atoms with van der Waals surface area (Å²) in [5, 5.41) is 12.5. The number of carbonyl (C=O) groups excluding carboxylic acids is 5. The molecule has 0 aliphatic carbocycles. The molecule has 240 valence electrons. The lowest BCUT2D eigenvalue weighted by atomic mass is 10.1. The van der Waals surface area contributed by atoms with Gasteiger partial charge in [-0.05, 0) is 63.9 Å². The van der Waals surface area contributed by atoms with Crippen molar-refractivity contribution in [3.05, 3.63) is 53.6 Å². The van der Waals surface area contributed by atoms with Crippen LogP contribution in [0.3, 0.4) is 0 Å². The number of para-hydroxylation sites is 1. The molecule has 3 unspecified atom stereocenters. The van der Waals surface area contributed by atoms with Crippen molar-refractivity contribution >= 4 is 30.0 Å². The van der Waals surface area contributed by atoms with Gasteiger partial charge < -0.3 is 38.8 Å². The number of hydrogen-bond donors (Lipinski definition) is 2. The van der Waals surface area contributed by atoms with Gasteiger partial charge in [-0.3, -0.25) is 4.79 Å². The Kier molecular flexibility index (Phi) is 13.1. The molecule has 13 nitrogen and oxygen atoms in total. The number of ether oxygens (including phenoxy) is 6. The molecule has 0 fully saturated rings. The SMILES string of the molecule is CCC(C)COc1ccc(C(=O)OCOC(=O)c2ccccc2OC(C)=O)cc1OC(=O)C(NC(=O)OC(C)(C)C)C(C)O. The maximum Gasteiger partial charge on any atom is 0.408 e. The van der Waals surface area contributed by atoms with Gasteiger partial charge in [-0.15, -0.1) is 0 Å². The van der Waals surface area contributed by atoms with Crippen LogP contribution in [0.2, 0.25) is 0 Å².